The number of carbonyl (C=O) groups is 1. The minimum Gasteiger partial charge on any atom is -0.306 e. The highest BCUT2D eigenvalue weighted by Crippen LogP contribution is 2.32. The van der Waals surface area contributed by atoms with Crippen molar-refractivity contribution in [2.75, 3.05) is 25.5 Å². The van der Waals surface area contributed by atoms with E-state index in [1.54, 1.807) is 12.4 Å². The molecule has 8 heteroatoms. The molecule has 0 aromatic carbocycles. The van der Waals surface area contributed by atoms with Gasteiger partial charge in [-0.25, -0.2) is 9.97 Å². The Hall–Kier alpha value is -1.82. The second-order valence-corrected chi connectivity index (χ2v) is 7.30. The molecule has 1 fully saturated rings. The fraction of sp³-hybridized carbons (Fsp3) is 0.429. The zero-order valence-corrected chi connectivity index (χ0v) is 13.7. The number of nitrogens with zero attached hydrogens (tertiary/aromatic N) is 4. The number of nitriles is 1. The number of anilines is 1. The maximum Gasteiger partial charge on any atom is 0.229 e. The largest absolute Gasteiger partial charge is 0.306 e. The van der Waals surface area contributed by atoms with Crippen LogP contribution >= 0.6 is 22.7 Å². The molecule has 0 spiro atoms. The SMILES string of the molecule is CN1CCC(C(=O)Nc2ncc(-c3ncc(C#N)s3)s2)CC1. The first-order valence-electron chi connectivity index (χ1n) is 6.97. The van der Waals surface area contributed by atoms with Crippen molar-refractivity contribution >= 4 is 33.7 Å². The fourth-order valence-corrected chi connectivity index (χ4v) is 3.93. The summed E-state index contributed by atoms with van der Waals surface area (Å²) in [5.41, 5.74) is 0. The Bertz CT molecular complexity index is 709. The number of rotatable bonds is 3. The molecular weight excluding hydrogens is 318 g/mol. The zero-order valence-electron chi connectivity index (χ0n) is 12.1. The van der Waals surface area contributed by atoms with Gasteiger partial charge >= 0.3 is 0 Å². The van der Waals surface area contributed by atoms with Crippen LogP contribution < -0.4 is 5.32 Å². The van der Waals surface area contributed by atoms with E-state index >= 15 is 0 Å². The normalized spacial score (nSPS) is 16.4. The van der Waals surface area contributed by atoms with Crippen LogP contribution in [0, 0.1) is 17.2 Å². The smallest absolute Gasteiger partial charge is 0.229 e. The van der Waals surface area contributed by atoms with Gasteiger partial charge in [0.15, 0.2) is 5.13 Å². The van der Waals surface area contributed by atoms with E-state index in [9.17, 15) is 4.79 Å². The summed E-state index contributed by atoms with van der Waals surface area (Å²) in [6.45, 7) is 1.91. The van der Waals surface area contributed by atoms with Crippen LogP contribution in [0.2, 0.25) is 0 Å². The van der Waals surface area contributed by atoms with Crippen LogP contribution in [0.15, 0.2) is 12.4 Å². The lowest BCUT2D eigenvalue weighted by atomic mass is 9.96. The molecule has 1 aliphatic rings. The standard InChI is InChI=1S/C14H15N5OS2/c1-19-4-2-9(3-5-19)12(20)18-14-17-8-11(22-14)13-16-7-10(6-15)21-13/h7-9H,2-5H2,1H3,(H,17,18,20). The summed E-state index contributed by atoms with van der Waals surface area (Å²) in [7, 11) is 2.07. The highest BCUT2D eigenvalue weighted by atomic mass is 32.1. The molecule has 2 aromatic heterocycles. The fourth-order valence-electron chi connectivity index (χ4n) is 2.35. The Morgan fingerprint density at radius 3 is 2.82 bits per heavy atom. The molecule has 0 atom stereocenters. The number of hydrogen-bond acceptors (Lipinski definition) is 7. The third kappa shape index (κ3) is 3.32. The van der Waals surface area contributed by atoms with Gasteiger partial charge in [-0.05, 0) is 33.0 Å². The molecule has 1 N–H and O–H groups in total. The average Bonchev–Trinajstić information content (AvgIpc) is 3.16. The van der Waals surface area contributed by atoms with Crippen LogP contribution in [0.1, 0.15) is 17.7 Å². The number of aromatic nitrogens is 2. The molecule has 3 heterocycles. The number of thiazole rings is 2. The molecule has 6 nitrogen and oxygen atoms in total. The van der Waals surface area contributed by atoms with Crippen molar-refractivity contribution in [1.29, 1.82) is 5.26 Å². The third-order valence-corrected chi connectivity index (χ3v) is 5.64. The van der Waals surface area contributed by atoms with Crippen molar-refractivity contribution in [3.8, 4) is 16.0 Å². The lowest BCUT2D eigenvalue weighted by Gasteiger charge is -2.27. The highest BCUT2D eigenvalue weighted by Gasteiger charge is 2.24. The second kappa shape index (κ2) is 6.52. The predicted octanol–water partition coefficient (Wildman–Crippen LogP) is 2.42. The Kier molecular flexibility index (Phi) is 4.47. The molecule has 0 radical (unpaired) electrons. The molecule has 22 heavy (non-hydrogen) atoms. The van der Waals surface area contributed by atoms with Gasteiger partial charge in [0, 0.05) is 5.92 Å². The van der Waals surface area contributed by atoms with Crippen LogP contribution in [0.3, 0.4) is 0 Å². The summed E-state index contributed by atoms with van der Waals surface area (Å²) < 4.78 is 0. The molecule has 1 aliphatic heterocycles. The van der Waals surface area contributed by atoms with E-state index in [1.807, 2.05) is 0 Å². The maximum absolute atomic E-state index is 12.3. The molecule has 1 amide bonds. The van der Waals surface area contributed by atoms with Crippen LogP contribution in [0.25, 0.3) is 9.88 Å². The van der Waals surface area contributed by atoms with Crippen LogP contribution in [0.5, 0.6) is 0 Å². The number of piperidine rings is 1. The lowest BCUT2D eigenvalue weighted by Crippen LogP contribution is -2.35. The minimum absolute atomic E-state index is 0.0471. The van der Waals surface area contributed by atoms with E-state index in [0.29, 0.717) is 10.0 Å². The van der Waals surface area contributed by atoms with E-state index in [0.717, 1.165) is 35.8 Å². The molecular formula is C14H15N5OS2. The summed E-state index contributed by atoms with van der Waals surface area (Å²) in [5, 5.41) is 13.1. The first-order chi connectivity index (χ1) is 10.7. The van der Waals surface area contributed by atoms with Crippen molar-refractivity contribution in [2.24, 2.45) is 5.92 Å². The molecule has 0 aliphatic carbocycles. The summed E-state index contributed by atoms with van der Waals surface area (Å²) in [6, 6.07) is 2.07. The Morgan fingerprint density at radius 1 is 1.36 bits per heavy atom. The van der Waals surface area contributed by atoms with E-state index in [1.165, 1.54) is 22.7 Å². The second-order valence-electron chi connectivity index (χ2n) is 5.24. The van der Waals surface area contributed by atoms with Crippen LogP contribution in [-0.2, 0) is 4.79 Å². The van der Waals surface area contributed by atoms with Gasteiger partial charge in [0.1, 0.15) is 16.0 Å². The number of carbonyl (C=O) groups excluding carboxylic acids is 1. The van der Waals surface area contributed by atoms with E-state index in [-0.39, 0.29) is 11.8 Å². The predicted molar refractivity (Wildman–Crippen MR) is 86.8 cm³/mol. The molecule has 0 saturated carbocycles. The first kappa shape index (κ1) is 15.1. The van der Waals surface area contributed by atoms with Crippen molar-refractivity contribution in [2.45, 2.75) is 12.8 Å². The quantitative estimate of drug-likeness (QED) is 0.933. The number of hydrogen-bond donors (Lipinski definition) is 1. The van der Waals surface area contributed by atoms with Crippen molar-refractivity contribution in [3.05, 3.63) is 17.3 Å². The number of nitrogens with one attached hydrogen (secondary N) is 1. The van der Waals surface area contributed by atoms with Gasteiger partial charge in [0.05, 0.1) is 17.3 Å². The Morgan fingerprint density at radius 2 is 2.14 bits per heavy atom. The van der Waals surface area contributed by atoms with E-state index < -0.39 is 0 Å². The van der Waals surface area contributed by atoms with Gasteiger partial charge in [-0.1, -0.05) is 11.3 Å². The zero-order chi connectivity index (χ0) is 15.5. The molecule has 0 bridgehead atoms. The summed E-state index contributed by atoms with van der Waals surface area (Å²) >= 11 is 2.71. The van der Waals surface area contributed by atoms with Gasteiger partial charge in [-0.3, -0.25) is 4.79 Å². The first-order valence-corrected chi connectivity index (χ1v) is 8.60. The van der Waals surface area contributed by atoms with Gasteiger partial charge in [0.25, 0.3) is 0 Å². The van der Waals surface area contributed by atoms with Crippen LogP contribution in [0.4, 0.5) is 5.13 Å². The maximum atomic E-state index is 12.3. The van der Waals surface area contributed by atoms with Crippen molar-refractivity contribution in [1.82, 2.24) is 14.9 Å². The summed E-state index contributed by atoms with van der Waals surface area (Å²) in [5.74, 6) is 0.111. The Labute approximate surface area is 136 Å². The highest BCUT2D eigenvalue weighted by molar-refractivity contribution is 7.23. The molecule has 3 rings (SSSR count). The number of amides is 1. The van der Waals surface area contributed by atoms with Gasteiger partial charge in [0.2, 0.25) is 5.91 Å². The third-order valence-electron chi connectivity index (χ3n) is 3.65. The topological polar surface area (TPSA) is 81.9 Å². The lowest BCUT2D eigenvalue weighted by molar-refractivity contribution is -0.121. The van der Waals surface area contributed by atoms with E-state index in [2.05, 4.69) is 33.3 Å². The average molecular weight is 333 g/mol. The molecule has 114 valence electrons. The van der Waals surface area contributed by atoms with Gasteiger partial charge < -0.3 is 10.2 Å². The summed E-state index contributed by atoms with van der Waals surface area (Å²) in [6.07, 6.45) is 5.02. The molecule has 0 unspecified atom stereocenters. The van der Waals surface area contributed by atoms with E-state index in [4.69, 9.17) is 5.26 Å². The van der Waals surface area contributed by atoms with Gasteiger partial charge in [-0.15, -0.1) is 11.3 Å². The van der Waals surface area contributed by atoms with Crippen molar-refractivity contribution in [3.63, 3.8) is 0 Å². The monoisotopic (exact) mass is 333 g/mol. The summed E-state index contributed by atoms with van der Waals surface area (Å²) in [4.78, 5) is 24.4. The minimum atomic E-state index is 0.0471. The van der Waals surface area contributed by atoms with Crippen LogP contribution in [-0.4, -0.2) is 40.9 Å². The number of likely N-dealkylation sites (tertiary alicyclic amines) is 1. The Balaban J connectivity index is 1.64. The molecule has 2 aromatic rings. The van der Waals surface area contributed by atoms with Gasteiger partial charge in [-0.2, -0.15) is 5.26 Å². The van der Waals surface area contributed by atoms with Crippen molar-refractivity contribution < 1.29 is 4.79 Å². The molecule has 1 saturated heterocycles.